The molecule has 0 aliphatic carbocycles. The molecule has 0 fully saturated rings. The molecule has 4 aliphatic heterocycles. The largest absolute Gasteiger partial charge is 0.453 e. The molecule has 8 heterocycles. The van der Waals surface area contributed by atoms with Gasteiger partial charge >= 0.3 is 0 Å². The van der Waals surface area contributed by atoms with Gasteiger partial charge < -0.3 is 42.5 Å². The third-order valence-electron chi connectivity index (χ3n) is 26.9. The molecule has 0 saturated carbocycles. The van der Waals surface area contributed by atoms with E-state index in [1.807, 2.05) is 206 Å². The summed E-state index contributed by atoms with van der Waals surface area (Å²) >= 11 is 0. The van der Waals surface area contributed by atoms with Crippen molar-refractivity contribution < 1.29 is 27.0 Å². The van der Waals surface area contributed by atoms with E-state index in [1.54, 1.807) is 0 Å². The van der Waals surface area contributed by atoms with E-state index in [4.69, 9.17) is 33.6 Å². The molecular weight excluding hydrogens is 1750 g/mol. The van der Waals surface area contributed by atoms with Gasteiger partial charge in [-0.05, 0) is 287 Å². The minimum Gasteiger partial charge on any atom is -0.453 e. The van der Waals surface area contributed by atoms with E-state index < -0.39 is 9.84 Å². The lowest BCUT2D eigenvalue weighted by Gasteiger charge is -2.32. The Morgan fingerprint density at radius 2 is 0.471 bits per heavy atom. The van der Waals surface area contributed by atoms with Crippen LogP contribution < -0.4 is 28.9 Å². The second kappa shape index (κ2) is 33.9. The van der Waals surface area contributed by atoms with Gasteiger partial charge in [-0.1, -0.05) is 229 Å². The normalized spacial score (nSPS) is 13.2. The maximum absolute atomic E-state index is 14.2. The minimum absolute atomic E-state index is 0.00622. The molecule has 17 aromatic carbocycles. The highest BCUT2D eigenvalue weighted by Gasteiger charge is 2.37. The van der Waals surface area contributed by atoms with Gasteiger partial charge in [-0.15, -0.1) is 10.2 Å². The van der Waals surface area contributed by atoms with E-state index in [1.165, 1.54) is 43.8 Å². The fourth-order valence-corrected chi connectivity index (χ4v) is 21.0. The van der Waals surface area contributed by atoms with Crippen LogP contribution in [0.3, 0.4) is 0 Å². The minimum atomic E-state index is -3.71. The highest BCUT2D eigenvalue weighted by Crippen LogP contribution is 2.56. The zero-order valence-electron chi connectivity index (χ0n) is 79.8. The Bertz CT molecular complexity index is 7960. The summed E-state index contributed by atoms with van der Waals surface area (Å²) in [7, 11) is -3.71. The zero-order valence-corrected chi connectivity index (χ0v) is 80.6. The summed E-state index contributed by atoms with van der Waals surface area (Å²) in [4.78, 5) is 22.3. The van der Waals surface area contributed by atoms with Crippen molar-refractivity contribution in [2.24, 2.45) is 0 Å². The average molecular weight is 1850 g/mol. The number of anilines is 9. The summed E-state index contributed by atoms with van der Waals surface area (Å²) in [6.07, 6.45) is 0. The van der Waals surface area contributed by atoms with Crippen LogP contribution in [-0.4, -0.2) is 42.7 Å². The molecule has 0 radical (unpaired) electrons. The van der Waals surface area contributed by atoms with Gasteiger partial charge in [-0.2, -0.15) is 0 Å². The number of ether oxygens (including phenoxy) is 3. The van der Waals surface area contributed by atoms with Gasteiger partial charge in [0.1, 0.15) is 0 Å². The van der Waals surface area contributed by atoms with E-state index in [-0.39, 0.29) is 21.7 Å². The number of sulfone groups is 1. The summed E-state index contributed by atoms with van der Waals surface area (Å²) in [5.74, 6) is 7.72. The van der Waals surface area contributed by atoms with Crippen molar-refractivity contribution >= 4 is 105 Å². The lowest BCUT2D eigenvalue weighted by atomic mass is 9.85. The standard InChI is InChI=1S/C52H54N2O2S.C45H29N5O2.C26H17N3O2/c1-49(2,3)31-13-19-43-37(25-31)38-26-32(50(4,5)6)14-20-44(38)53(43)35-17-23-47-41(29-35)42-30-36(18-24-48(42)57(47,55)56)54-45-21-15-33(51(7,8)9)27-39(45)40-28-34(52(10,11)12)16-22-46(40)54;1-2-12-30(13-3-1)43-46-44(31-22-26-33(27-23-31)49-35-14-4-8-18-39(35)51-40-19-9-5-15-36(40)49)48-45(47-43)32-24-28-34(29-25-32)50-37-16-6-10-20-41(37)52-42-21-11-7-17-38(42)50;1-2-8-18(9-3-1)25-27-28-26(31-25)19-14-16-20(17-15-19)29-21-10-4-6-12-23(21)30-24-13-7-5-11-22(24)29/h13-30H,1-12H3;1-29H;1-17H. The van der Waals surface area contributed by atoms with Gasteiger partial charge in [0.25, 0.3) is 0 Å². The molecule has 16 nitrogen and oxygen atoms in total. The van der Waals surface area contributed by atoms with E-state index in [0.29, 0.717) is 39.0 Å². The molecule has 0 amide bonds. The third kappa shape index (κ3) is 15.7. The van der Waals surface area contributed by atoms with Crippen LogP contribution in [0.1, 0.15) is 105 Å². The molecule has 4 aliphatic rings. The van der Waals surface area contributed by atoms with Gasteiger partial charge in [-0.25, -0.2) is 23.4 Å². The van der Waals surface area contributed by atoms with Crippen LogP contribution >= 0.6 is 0 Å². The van der Waals surface area contributed by atoms with Crippen molar-refractivity contribution in [1.82, 2.24) is 34.3 Å². The van der Waals surface area contributed by atoms with Crippen LogP contribution in [0.15, 0.2) is 402 Å². The first-order chi connectivity index (χ1) is 67.7. The maximum atomic E-state index is 14.2. The lowest BCUT2D eigenvalue weighted by molar-refractivity contribution is 0.477. The SMILES string of the molecule is CC(C)(C)c1ccc2c(c1)c1cc(C(C)(C)C)ccc1n2-c1ccc2c(c1)-c1cc(-n3c4ccc(C(C)(C)C)cc4c4cc(C(C)(C)C)ccc43)ccc1S2(=O)=O.c1ccc(-c2nc(-c3ccc(N4c5ccccc5Oc5ccccc54)cc3)nc(-c3ccc(N4c5ccccc5Oc5ccccc54)cc3)n2)cc1.c1ccc(-c2nnc(-c3ccc(N4c5ccccc5Oc5ccccc54)cc3)o2)cc1. The number of benzene rings is 17. The molecule has 21 aromatic rings. The zero-order chi connectivity index (χ0) is 95.8. The molecule has 0 atom stereocenters. The first-order valence-electron chi connectivity index (χ1n) is 47.4. The predicted molar refractivity (Wildman–Crippen MR) is 566 cm³/mol. The second-order valence-corrected chi connectivity index (χ2v) is 42.1. The second-order valence-electron chi connectivity index (χ2n) is 40.2. The van der Waals surface area contributed by atoms with Crippen LogP contribution in [0.25, 0.3) is 123 Å². The van der Waals surface area contributed by atoms with E-state index in [9.17, 15) is 8.42 Å². The van der Waals surface area contributed by atoms with Crippen molar-refractivity contribution in [2.75, 3.05) is 14.7 Å². The van der Waals surface area contributed by atoms with Crippen LogP contribution in [0, 0.1) is 0 Å². The van der Waals surface area contributed by atoms with Gasteiger partial charge in [0.2, 0.25) is 21.6 Å². The Balaban J connectivity index is 0.000000122. The number of para-hydroxylation sites is 12. The molecule has 17 heteroatoms. The molecular formula is C123H100N10O6S. The highest BCUT2D eigenvalue weighted by atomic mass is 32.2. The summed E-state index contributed by atoms with van der Waals surface area (Å²) in [5.41, 5.74) is 26.3. The fourth-order valence-electron chi connectivity index (χ4n) is 19.4. The Morgan fingerprint density at radius 3 is 0.750 bits per heavy atom. The Labute approximate surface area is 814 Å². The summed E-state index contributed by atoms with van der Waals surface area (Å²) < 4.78 is 57.5. The van der Waals surface area contributed by atoms with E-state index in [0.717, 1.165) is 158 Å². The summed E-state index contributed by atoms with van der Waals surface area (Å²) in [6.45, 7) is 27.1. The number of fused-ring (bicyclic) bond motifs is 15. The van der Waals surface area contributed by atoms with E-state index >= 15 is 0 Å². The third-order valence-corrected chi connectivity index (χ3v) is 28.7. The molecule has 140 heavy (non-hydrogen) atoms. The van der Waals surface area contributed by atoms with Crippen LogP contribution in [0.2, 0.25) is 0 Å². The number of hydrogen-bond acceptors (Lipinski definition) is 14. The molecule has 0 bridgehead atoms. The first-order valence-corrected chi connectivity index (χ1v) is 48.9. The first kappa shape index (κ1) is 87.3. The molecule has 0 saturated heterocycles. The van der Waals surface area contributed by atoms with Crippen molar-refractivity contribution in [3.05, 3.63) is 411 Å². The maximum Gasteiger partial charge on any atom is 0.248 e. The molecule has 684 valence electrons. The lowest BCUT2D eigenvalue weighted by Crippen LogP contribution is -2.15. The van der Waals surface area contributed by atoms with Crippen molar-refractivity contribution in [2.45, 2.75) is 115 Å². The van der Waals surface area contributed by atoms with Crippen molar-refractivity contribution in [3.63, 3.8) is 0 Å². The number of rotatable bonds is 10. The molecule has 4 aromatic heterocycles. The number of aromatic nitrogens is 7. The predicted octanol–water partition coefficient (Wildman–Crippen LogP) is 32.9. The van der Waals surface area contributed by atoms with Gasteiger partial charge in [0.05, 0.1) is 66.0 Å². The Hall–Kier alpha value is -16.8. The fraction of sp³-hybridized carbons (Fsp3) is 0.130. The Morgan fingerprint density at radius 1 is 0.236 bits per heavy atom. The van der Waals surface area contributed by atoms with Crippen molar-refractivity contribution in [3.8, 4) is 114 Å². The monoisotopic (exact) mass is 1840 g/mol. The molecule has 25 rings (SSSR count). The summed E-state index contributed by atoms with van der Waals surface area (Å²) in [5, 5.41) is 13.2. The quantitative estimate of drug-likeness (QED) is 0.127. The van der Waals surface area contributed by atoms with Crippen LogP contribution in [0.5, 0.6) is 34.5 Å². The van der Waals surface area contributed by atoms with Crippen LogP contribution in [-0.2, 0) is 31.5 Å². The van der Waals surface area contributed by atoms with Crippen molar-refractivity contribution in [1.29, 1.82) is 0 Å². The van der Waals surface area contributed by atoms with Gasteiger partial charge in [0.15, 0.2) is 52.0 Å². The van der Waals surface area contributed by atoms with E-state index in [2.05, 4.69) is 299 Å². The smallest absolute Gasteiger partial charge is 0.248 e. The summed E-state index contributed by atoms with van der Waals surface area (Å²) in [6, 6.07) is 132. The Kier molecular flexibility index (Phi) is 21.1. The van der Waals surface area contributed by atoms with Gasteiger partial charge in [0, 0.05) is 88.9 Å². The molecule has 0 N–H and O–H groups in total. The number of hydrogen-bond donors (Lipinski definition) is 0. The molecule has 0 unspecified atom stereocenters. The topological polar surface area (TPSA) is 159 Å². The average Bonchev–Trinajstić information content (AvgIpc) is 1.54. The van der Waals surface area contributed by atoms with Gasteiger partial charge in [-0.3, -0.25) is 0 Å². The van der Waals surface area contributed by atoms with Crippen LogP contribution in [0.4, 0.5) is 51.2 Å². The highest BCUT2D eigenvalue weighted by molar-refractivity contribution is 7.92. The molecule has 0 spiro atoms. The number of nitrogens with zero attached hydrogens (tertiary/aromatic N) is 10.